The van der Waals surface area contributed by atoms with Gasteiger partial charge in [0.1, 0.15) is 0 Å². The summed E-state index contributed by atoms with van der Waals surface area (Å²) >= 11 is 12.1. The molecule has 1 aliphatic rings. The van der Waals surface area contributed by atoms with Gasteiger partial charge in [-0.15, -0.1) is 0 Å². The van der Waals surface area contributed by atoms with Crippen molar-refractivity contribution < 1.29 is 0 Å². The smallest absolute Gasteiger partial charge is 0.0923 e. The van der Waals surface area contributed by atoms with E-state index in [-0.39, 0.29) is 0 Å². The standard InChI is InChI=1S/C19H17Cl2N3/c20-17-6-5-14(11-18(17)21)19-7-8-24(22-19)10-9-23-12-15-3-1-2-4-16(15)13-23/h1-8,11H,9-10,12-13H2. The van der Waals surface area contributed by atoms with Crippen LogP contribution in [0.3, 0.4) is 0 Å². The van der Waals surface area contributed by atoms with E-state index in [1.807, 2.05) is 29.1 Å². The highest BCUT2D eigenvalue weighted by Gasteiger charge is 2.17. The van der Waals surface area contributed by atoms with Crippen LogP contribution in [0, 0.1) is 0 Å². The predicted molar refractivity (Wildman–Crippen MR) is 98.2 cm³/mol. The normalized spacial score (nSPS) is 14.1. The molecule has 122 valence electrons. The first-order chi connectivity index (χ1) is 11.7. The average molecular weight is 358 g/mol. The largest absolute Gasteiger partial charge is 0.293 e. The molecule has 2 heterocycles. The zero-order valence-corrected chi connectivity index (χ0v) is 14.6. The van der Waals surface area contributed by atoms with E-state index < -0.39 is 0 Å². The molecule has 3 nitrogen and oxygen atoms in total. The van der Waals surface area contributed by atoms with Gasteiger partial charge in [-0.25, -0.2) is 0 Å². The summed E-state index contributed by atoms with van der Waals surface area (Å²) in [6.07, 6.45) is 2.01. The number of rotatable bonds is 4. The highest BCUT2D eigenvalue weighted by Crippen LogP contribution is 2.27. The first kappa shape index (κ1) is 15.7. The molecule has 1 aliphatic heterocycles. The number of nitrogens with zero attached hydrogens (tertiary/aromatic N) is 3. The molecule has 0 atom stereocenters. The molecule has 1 aromatic heterocycles. The third kappa shape index (κ3) is 3.20. The Labute approximate surface area is 151 Å². The van der Waals surface area contributed by atoms with E-state index in [9.17, 15) is 0 Å². The van der Waals surface area contributed by atoms with E-state index >= 15 is 0 Å². The summed E-state index contributed by atoms with van der Waals surface area (Å²) < 4.78 is 1.99. The summed E-state index contributed by atoms with van der Waals surface area (Å²) in [5.41, 5.74) is 4.78. The molecule has 5 heteroatoms. The molecule has 0 radical (unpaired) electrons. The van der Waals surface area contributed by atoms with Crippen LogP contribution in [0.2, 0.25) is 10.0 Å². The van der Waals surface area contributed by atoms with Gasteiger partial charge in [0, 0.05) is 31.4 Å². The second-order valence-corrected chi connectivity index (χ2v) is 6.89. The van der Waals surface area contributed by atoms with Gasteiger partial charge in [0.15, 0.2) is 0 Å². The monoisotopic (exact) mass is 357 g/mol. The van der Waals surface area contributed by atoms with Crippen LogP contribution >= 0.6 is 23.2 Å². The predicted octanol–water partition coefficient (Wildman–Crippen LogP) is 4.87. The van der Waals surface area contributed by atoms with Gasteiger partial charge >= 0.3 is 0 Å². The van der Waals surface area contributed by atoms with Crippen molar-refractivity contribution >= 4 is 23.2 Å². The number of benzene rings is 2. The van der Waals surface area contributed by atoms with E-state index in [1.165, 1.54) is 11.1 Å². The lowest BCUT2D eigenvalue weighted by atomic mass is 10.1. The molecule has 0 saturated heterocycles. The highest BCUT2D eigenvalue weighted by atomic mass is 35.5. The van der Waals surface area contributed by atoms with Gasteiger partial charge in [0.2, 0.25) is 0 Å². The van der Waals surface area contributed by atoms with Gasteiger partial charge in [-0.1, -0.05) is 53.5 Å². The summed E-state index contributed by atoms with van der Waals surface area (Å²) in [6.45, 7) is 3.90. The first-order valence-corrected chi connectivity index (χ1v) is 8.73. The minimum absolute atomic E-state index is 0.554. The Morgan fingerprint density at radius 1 is 0.875 bits per heavy atom. The molecule has 0 bridgehead atoms. The fraction of sp³-hybridized carbons (Fsp3) is 0.211. The first-order valence-electron chi connectivity index (χ1n) is 7.97. The Kier molecular flexibility index (Phi) is 4.31. The van der Waals surface area contributed by atoms with Crippen molar-refractivity contribution in [1.29, 1.82) is 0 Å². The maximum atomic E-state index is 6.09. The number of halogens is 2. The van der Waals surface area contributed by atoms with Crippen LogP contribution in [-0.4, -0.2) is 21.2 Å². The molecule has 3 aromatic rings. The van der Waals surface area contributed by atoms with Crippen LogP contribution in [0.1, 0.15) is 11.1 Å². The van der Waals surface area contributed by atoms with E-state index in [4.69, 9.17) is 23.2 Å². The van der Waals surface area contributed by atoms with Crippen molar-refractivity contribution in [2.45, 2.75) is 19.6 Å². The fourth-order valence-corrected chi connectivity index (χ4v) is 3.40. The van der Waals surface area contributed by atoms with Crippen LogP contribution in [0.4, 0.5) is 0 Å². The molecule has 4 rings (SSSR count). The second-order valence-electron chi connectivity index (χ2n) is 6.07. The van der Waals surface area contributed by atoms with Crippen molar-refractivity contribution in [1.82, 2.24) is 14.7 Å². The number of fused-ring (bicyclic) bond motifs is 1. The molecule has 0 spiro atoms. The Bertz CT molecular complexity index is 848. The molecular formula is C19H17Cl2N3. The van der Waals surface area contributed by atoms with Crippen molar-refractivity contribution in [3.05, 3.63) is 75.9 Å². The van der Waals surface area contributed by atoms with Crippen LogP contribution in [0.25, 0.3) is 11.3 Å². The lowest BCUT2D eigenvalue weighted by Crippen LogP contribution is -2.22. The Morgan fingerprint density at radius 2 is 1.62 bits per heavy atom. The van der Waals surface area contributed by atoms with E-state index in [1.54, 1.807) is 6.07 Å². The van der Waals surface area contributed by atoms with Gasteiger partial charge in [-0.05, 0) is 29.3 Å². The molecule has 0 amide bonds. The quantitative estimate of drug-likeness (QED) is 0.663. The van der Waals surface area contributed by atoms with Gasteiger partial charge in [-0.3, -0.25) is 9.58 Å². The minimum Gasteiger partial charge on any atom is -0.293 e. The SMILES string of the molecule is Clc1ccc(-c2ccn(CCN3Cc4ccccc4C3)n2)cc1Cl. The summed E-state index contributed by atoms with van der Waals surface area (Å²) in [7, 11) is 0. The van der Waals surface area contributed by atoms with Gasteiger partial charge in [0.05, 0.1) is 22.3 Å². The third-order valence-corrected chi connectivity index (χ3v) is 5.15. The van der Waals surface area contributed by atoms with E-state index in [0.29, 0.717) is 10.0 Å². The Morgan fingerprint density at radius 3 is 2.33 bits per heavy atom. The maximum Gasteiger partial charge on any atom is 0.0923 e. The number of hydrogen-bond acceptors (Lipinski definition) is 2. The van der Waals surface area contributed by atoms with E-state index in [2.05, 4.69) is 34.3 Å². The second kappa shape index (κ2) is 6.60. The van der Waals surface area contributed by atoms with Crippen LogP contribution < -0.4 is 0 Å². The fourth-order valence-electron chi connectivity index (χ4n) is 3.10. The molecule has 2 aromatic carbocycles. The highest BCUT2D eigenvalue weighted by molar-refractivity contribution is 6.42. The van der Waals surface area contributed by atoms with Crippen LogP contribution in [-0.2, 0) is 19.6 Å². The van der Waals surface area contributed by atoms with Crippen LogP contribution in [0.15, 0.2) is 54.7 Å². The summed E-state index contributed by atoms with van der Waals surface area (Å²) in [5, 5.41) is 5.77. The molecule has 0 aliphatic carbocycles. The zero-order valence-electron chi connectivity index (χ0n) is 13.1. The molecule has 0 N–H and O–H groups in total. The third-order valence-electron chi connectivity index (χ3n) is 4.41. The lowest BCUT2D eigenvalue weighted by molar-refractivity contribution is 0.267. The molecule has 0 saturated carbocycles. The van der Waals surface area contributed by atoms with Gasteiger partial charge < -0.3 is 0 Å². The van der Waals surface area contributed by atoms with Crippen LogP contribution in [0.5, 0.6) is 0 Å². The topological polar surface area (TPSA) is 21.1 Å². The average Bonchev–Trinajstić information content (AvgIpc) is 3.21. The minimum atomic E-state index is 0.554. The van der Waals surface area contributed by atoms with E-state index in [0.717, 1.165) is 37.4 Å². The Hall–Kier alpha value is -1.81. The number of hydrogen-bond donors (Lipinski definition) is 0. The van der Waals surface area contributed by atoms with Gasteiger partial charge in [0.25, 0.3) is 0 Å². The van der Waals surface area contributed by atoms with Crippen molar-refractivity contribution in [3.8, 4) is 11.3 Å². The Balaban J connectivity index is 1.40. The van der Waals surface area contributed by atoms with Crippen molar-refractivity contribution in [2.75, 3.05) is 6.54 Å². The summed E-state index contributed by atoms with van der Waals surface area (Å²) in [5.74, 6) is 0. The summed E-state index contributed by atoms with van der Waals surface area (Å²) in [6, 6.07) is 16.3. The zero-order chi connectivity index (χ0) is 16.5. The molecule has 24 heavy (non-hydrogen) atoms. The maximum absolute atomic E-state index is 6.09. The van der Waals surface area contributed by atoms with Crippen molar-refractivity contribution in [3.63, 3.8) is 0 Å². The molecule has 0 fully saturated rings. The number of aromatic nitrogens is 2. The molecular weight excluding hydrogens is 341 g/mol. The van der Waals surface area contributed by atoms with Gasteiger partial charge in [-0.2, -0.15) is 5.10 Å². The molecule has 0 unspecified atom stereocenters. The summed E-state index contributed by atoms with van der Waals surface area (Å²) in [4.78, 5) is 2.45. The lowest BCUT2D eigenvalue weighted by Gasteiger charge is -2.14. The van der Waals surface area contributed by atoms with Crippen molar-refractivity contribution in [2.24, 2.45) is 0 Å².